The second kappa shape index (κ2) is 12.3. The van der Waals surface area contributed by atoms with Gasteiger partial charge in [0.15, 0.2) is 5.96 Å². The molecule has 1 aromatic carbocycles. The van der Waals surface area contributed by atoms with E-state index < -0.39 is 0 Å². The minimum atomic E-state index is 0. The number of aliphatic imine (C=N–C) groups is 1. The first-order chi connectivity index (χ1) is 12.1. The third-order valence-corrected chi connectivity index (χ3v) is 4.43. The Kier molecular flexibility index (Phi) is 10.9. The largest absolute Gasteiger partial charge is 0.496 e. The summed E-state index contributed by atoms with van der Waals surface area (Å²) in [6.07, 6.45) is 0. The van der Waals surface area contributed by atoms with Gasteiger partial charge in [0.25, 0.3) is 0 Å². The van der Waals surface area contributed by atoms with Crippen LogP contribution in [-0.2, 0) is 11.3 Å². The molecule has 0 radical (unpaired) electrons. The number of morpholine rings is 1. The van der Waals surface area contributed by atoms with Crippen molar-refractivity contribution in [3.63, 3.8) is 0 Å². The van der Waals surface area contributed by atoms with Gasteiger partial charge < -0.3 is 20.1 Å². The molecule has 0 amide bonds. The summed E-state index contributed by atoms with van der Waals surface area (Å²) >= 11 is 0. The van der Waals surface area contributed by atoms with E-state index >= 15 is 0 Å². The van der Waals surface area contributed by atoms with Crippen LogP contribution in [0.5, 0.6) is 5.75 Å². The molecular weight excluding hydrogens is 443 g/mol. The van der Waals surface area contributed by atoms with Crippen LogP contribution in [0.4, 0.5) is 0 Å². The smallest absolute Gasteiger partial charge is 0.191 e. The van der Waals surface area contributed by atoms with E-state index in [-0.39, 0.29) is 24.0 Å². The van der Waals surface area contributed by atoms with Crippen LogP contribution >= 0.6 is 24.0 Å². The molecule has 1 saturated heterocycles. The van der Waals surface area contributed by atoms with Crippen molar-refractivity contribution < 1.29 is 9.47 Å². The molecule has 0 aromatic heterocycles. The van der Waals surface area contributed by atoms with Crippen molar-refractivity contribution in [2.45, 2.75) is 33.4 Å². The predicted octanol–water partition coefficient (Wildman–Crippen LogP) is 2.40. The summed E-state index contributed by atoms with van der Waals surface area (Å²) in [6.45, 7) is 12.3. The Bertz CT molecular complexity index is 562. The van der Waals surface area contributed by atoms with Crippen molar-refractivity contribution in [2.75, 3.05) is 46.5 Å². The van der Waals surface area contributed by atoms with E-state index in [2.05, 4.69) is 48.4 Å². The lowest BCUT2D eigenvalue weighted by atomic mass is 10.1. The van der Waals surface area contributed by atoms with Gasteiger partial charge >= 0.3 is 0 Å². The van der Waals surface area contributed by atoms with Gasteiger partial charge in [0, 0.05) is 37.8 Å². The fraction of sp³-hybridized carbons (Fsp3) is 0.632. The molecule has 1 atom stereocenters. The first kappa shape index (κ1) is 23.0. The van der Waals surface area contributed by atoms with Crippen LogP contribution in [0.15, 0.2) is 23.2 Å². The molecule has 2 rings (SSSR count). The van der Waals surface area contributed by atoms with Crippen molar-refractivity contribution in [3.05, 3.63) is 29.3 Å². The van der Waals surface area contributed by atoms with Gasteiger partial charge in [-0.2, -0.15) is 0 Å². The van der Waals surface area contributed by atoms with Gasteiger partial charge in [-0.25, -0.2) is 4.99 Å². The van der Waals surface area contributed by atoms with Crippen molar-refractivity contribution in [3.8, 4) is 5.75 Å². The zero-order chi connectivity index (χ0) is 18.1. The van der Waals surface area contributed by atoms with E-state index in [1.54, 1.807) is 7.11 Å². The summed E-state index contributed by atoms with van der Waals surface area (Å²) in [5, 5.41) is 6.77. The second-order valence-electron chi connectivity index (χ2n) is 6.39. The zero-order valence-corrected chi connectivity index (χ0v) is 18.7. The lowest BCUT2D eigenvalue weighted by molar-refractivity contribution is 0.0211. The number of guanidine groups is 1. The van der Waals surface area contributed by atoms with Crippen molar-refractivity contribution in [1.82, 2.24) is 15.5 Å². The van der Waals surface area contributed by atoms with Gasteiger partial charge in [-0.05, 0) is 32.4 Å². The molecule has 1 unspecified atom stereocenters. The molecular formula is C19H33IN4O2. The van der Waals surface area contributed by atoms with Crippen LogP contribution in [0.25, 0.3) is 0 Å². The molecule has 2 N–H and O–H groups in total. The zero-order valence-electron chi connectivity index (χ0n) is 16.4. The topological polar surface area (TPSA) is 58.1 Å². The van der Waals surface area contributed by atoms with Crippen LogP contribution in [0.3, 0.4) is 0 Å². The van der Waals surface area contributed by atoms with Gasteiger partial charge in [-0.3, -0.25) is 4.90 Å². The number of nitrogens with one attached hydrogen (secondary N) is 2. The fourth-order valence-corrected chi connectivity index (χ4v) is 2.88. The van der Waals surface area contributed by atoms with Crippen LogP contribution in [0.2, 0.25) is 0 Å². The van der Waals surface area contributed by atoms with Crippen LogP contribution in [0.1, 0.15) is 25.0 Å². The lowest BCUT2D eigenvalue weighted by Crippen LogP contribution is -2.49. The predicted molar refractivity (Wildman–Crippen MR) is 118 cm³/mol. The van der Waals surface area contributed by atoms with E-state index in [9.17, 15) is 0 Å². The summed E-state index contributed by atoms with van der Waals surface area (Å²) in [4.78, 5) is 7.16. The van der Waals surface area contributed by atoms with Gasteiger partial charge in [0.05, 0.1) is 26.9 Å². The standard InChI is InChI=1S/C19H32N4O2.HI/c1-5-20-19(21-13-16(3)23-8-10-25-11-9-23)22-14-17-7-6-15(2)12-18(17)24-4;/h6-7,12,16H,5,8-11,13-14H2,1-4H3,(H2,20,21,22);1H. The number of halogens is 1. The number of hydrogen-bond donors (Lipinski definition) is 2. The SMILES string of the molecule is CCNC(=NCc1ccc(C)cc1OC)NCC(C)N1CCOCC1.I. The first-order valence-corrected chi connectivity index (χ1v) is 9.11. The first-order valence-electron chi connectivity index (χ1n) is 9.11. The molecule has 0 saturated carbocycles. The number of aryl methyl sites for hydroxylation is 1. The molecule has 1 aromatic rings. The third kappa shape index (κ3) is 7.28. The van der Waals surface area contributed by atoms with Crippen molar-refractivity contribution in [2.24, 2.45) is 4.99 Å². The molecule has 26 heavy (non-hydrogen) atoms. The second-order valence-corrected chi connectivity index (χ2v) is 6.39. The highest BCUT2D eigenvalue weighted by molar-refractivity contribution is 14.0. The highest BCUT2D eigenvalue weighted by Crippen LogP contribution is 2.20. The van der Waals surface area contributed by atoms with E-state index in [1.165, 1.54) is 5.56 Å². The van der Waals surface area contributed by atoms with Crippen LogP contribution in [0, 0.1) is 6.92 Å². The molecule has 1 aliphatic rings. The van der Waals surface area contributed by atoms with E-state index in [0.717, 1.165) is 56.7 Å². The number of rotatable bonds is 7. The van der Waals surface area contributed by atoms with Gasteiger partial charge in [0.2, 0.25) is 0 Å². The maximum Gasteiger partial charge on any atom is 0.191 e. The van der Waals surface area contributed by atoms with E-state index in [0.29, 0.717) is 12.6 Å². The maximum absolute atomic E-state index is 5.47. The molecule has 1 fully saturated rings. The summed E-state index contributed by atoms with van der Waals surface area (Å²) in [6, 6.07) is 6.67. The Morgan fingerprint density at radius 3 is 2.69 bits per heavy atom. The number of hydrogen-bond acceptors (Lipinski definition) is 4. The van der Waals surface area contributed by atoms with Gasteiger partial charge in [0.1, 0.15) is 5.75 Å². The molecule has 0 bridgehead atoms. The highest BCUT2D eigenvalue weighted by Gasteiger charge is 2.17. The van der Waals surface area contributed by atoms with Crippen molar-refractivity contribution in [1.29, 1.82) is 0 Å². The molecule has 7 heteroatoms. The maximum atomic E-state index is 5.47. The van der Waals surface area contributed by atoms with Crippen LogP contribution in [-0.4, -0.2) is 63.4 Å². The number of ether oxygens (including phenoxy) is 2. The van der Waals surface area contributed by atoms with Crippen molar-refractivity contribution >= 4 is 29.9 Å². The number of methoxy groups -OCH3 is 1. The Hall–Kier alpha value is -1.06. The lowest BCUT2D eigenvalue weighted by Gasteiger charge is -2.32. The fourth-order valence-electron chi connectivity index (χ4n) is 2.88. The Labute approximate surface area is 174 Å². The summed E-state index contributed by atoms with van der Waals surface area (Å²) in [5.74, 6) is 1.73. The minimum Gasteiger partial charge on any atom is -0.496 e. The molecule has 0 spiro atoms. The van der Waals surface area contributed by atoms with E-state index in [1.807, 2.05) is 6.07 Å². The average molecular weight is 476 g/mol. The molecule has 6 nitrogen and oxygen atoms in total. The molecule has 1 aliphatic heterocycles. The summed E-state index contributed by atoms with van der Waals surface area (Å²) in [7, 11) is 1.70. The molecule has 0 aliphatic carbocycles. The number of nitrogens with zero attached hydrogens (tertiary/aromatic N) is 2. The summed E-state index contributed by atoms with van der Waals surface area (Å²) < 4.78 is 10.9. The number of benzene rings is 1. The van der Waals surface area contributed by atoms with Gasteiger partial charge in [-0.1, -0.05) is 12.1 Å². The average Bonchev–Trinajstić information content (AvgIpc) is 2.65. The third-order valence-electron chi connectivity index (χ3n) is 4.43. The minimum absolute atomic E-state index is 0. The normalized spacial score (nSPS) is 16.5. The van der Waals surface area contributed by atoms with Crippen LogP contribution < -0.4 is 15.4 Å². The Morgan fingerprint density at radius 1 is 1.31 bits per heavy atom. The Balaban J connectivity index is 0.00000338. The van der Waals surface area contributed by atoms with Gasteiger partial charge in [-0.15, -0.1) is 24.0 Å². The van der Waals surface area contributed by atoms with E-state index in [4.69, 9.17) is 14.5 Å². The highest BCUT2D eigenvalue weighted by atomic mass is 127. The summed E-state index contributed by atoms with van der Waals surface area (Å²) in [5.41, 5.74) is 2.28. The molecule has 1 heterocycles. The monoisotopic (exact) mass is 476 g/mol. The molecule has 148 valence electrons. The quantitative estimate of drug-likeness (QED) is 0.360. The Morgan fingerprint density at radius 2 is 2.04 bits per heavy atom.